The summed E-state index contributed by atoms with van der Waals surface area (Å²) in [6.45, 7) is 0.365. The summed E-state index contributed by atoms with van der Waals surface area (Å²) in [5.74, 6) is -1.63. The number of hydrogen-bond donors (Lipinski definition) is 1. The highest BCUT2D eigenvalue weighted by Crippen LogP contribution is 2.24. The summed E-state index contributed by atoms with van der Waals surface area (Å²) in [6.07, 6.45) is 1.64. The SMILES string of the molecule is O=C(COC(=O)c1ccc(-c2ccc(F)cc2)o1)Nc1cccc(S(=O)(=O)N2CCCC2)c1. The number of carbonyl (C=O) groups excluding carboxylic acids is 2. The van der Waals surface area contributed by atoms with E-state index in [4.69, 9.17) is 9.15 Å². The lowest BCUT2D eigenvalue weighted by Gasteiger charge is -2.16. The topological polar surface area (TPSA) is 106 Å². The van der Waals surface area contributed by atoms with Gasteiger partial charge in [-0.25, -0.2) is 17.6 Å². The number of hydrogen-bond acceptors (Lipinski definition) is 6. The molecule has 0 unspecified atom stereocenters. The van der Waals surface area contributed by atoms with Crippen LogP contribution >= 0.6 is 0 Å². The first-order chi connectivity index (χ1) is 15.8. The number of furan rings is 1. The summed E-state index contributed by atoms with van der Waals surface area (Å²) in [7, 11) is -3.62. The molecular formula is C23H21FN2O6S. The van der Waals surface area contributed by atoms with Crippen LogP contribution < -0.4 is 5.32 Å². The van der Waals surface area contributed by atoms with Gasteiger partial charge in [0.2, 0.25) is 15.8 Å². The van der Waals surface area contributed by atoms with Gasteiger partial charge in [-0.05, 0) is 67.4 Å². The highest BCUT2D eigenvalue weighted by molar-refractivity contribution is 7.89. The van der Waals surface area contributed by atoms with Gasteiger partial charge in [0.25, 0.3) is 5.91 Å². The number of carbonyl (C=O) groups is 2. The maximum atomic E-state index is 13.0. The minimum atomic E-state index is -3.62. The molecule has 0 radical (unpaired) electrons. The van der Waals surface area contributed by atoms with Crippen LogP contribution in [-0.2, 0) is 19.6 Å². The Morgan fingerprint density at radius 3 is 2.48 bits per heavy atom. The lowest BCUT2D eigenvalue weighted by atomic mass is 10.2. The summed E-state index contributed by atoms with van der Waals surface area (Å²) < 4.78 is 50.2. The number of rotatable bonds is 7. The fraction of sp³-hybridized carbons (Fsp3) is 0.217. The van der Waals surface area contributed by atoms with E-state index in [9.17, 15) is 22.4 Å². The van der Waals surface area contributed by atoms with Crippen LogP contribution in [0.3, 0.4) is 0 Å². The molecule has 10 heteroatoms. The fourth-order valence-electron chi connectivity index (χ4n) is 3.43. The molecule has 1 fully saturated rings. The minimum Gasteiger partial charge on any atom is -0.450 e. The first kappa shape index (κ1) is 22.7. The van der Waals surface area contributed by atoms with E-state index < -0.39 is 34.3 Å². The maximum absolute atomic E-state index is 13.0. The van der Waals surface area contributed by atoms with Crippen molar-refractivity contribution in [2.24, 2.45) is 0 Å². The Kier molecular flexibility index (Phi) is 6.57. The van der Waals surface area contributed by atoms with E-state index in [2.05, 4.69) is 5.32 Å². The second-order valence-corrected chi connectivity index (χ2v) is 9.37. The molecule has 172 valence electrons. The molecule has 4 rings (SSSR count). The predicted molar refractivity (Wildman–Crippen MR) is 117 cm³/mol. The zero-order valence-corrected chi connectivity index (χ0v) is 18.3. The Labute approximate surface area is 190 Å². The highest BCUT2D eigenvalue weighted by Gasteiger charge is 2.27. The van der Waals surface area contributed by atoms with Crippen molar-refractivity contribution in [2.45, 2.75) is 17.7 Å². The molecule has 8 nitrogen and oxygen atoms in total. The van der Waals surface area contributed by atoms with Crippen LogP contribution in [0.2, 0.25) is 0 Å². The van der Waals surface area contributed by atoms with Crippen LogP contribution in [0.15, 0.2) is 70.0 Å². The number of halogens is 1. The first-order valence-corrected chi connectivity index (χ1v) is 11.7. The molecule has 3 aromatic rings. The Hall–Kier alpha value is -3.50. The van der Waals surface area contributed by atoms with E-state index >= 15 is 0 Å². The van der Waals surface area contributed by atoms with E-state index in [1.807, 2.05) is 0 Å². The number of benzene rings is 2. The smallest absolute Gasteiger partial charge is 0.374 e. The standard InChI is InChI=1S/C23H21FN2O6S/c24-17-8-6-16(7-9-17)20-10-11-21(32-20)23(28)31-15-22(27)25-18-4-3-5-19(14-18)33(29,30)26-12-1-2-13-26/h3-11,14H,1-2,12-13,15H2,(H,25,27). The van der Waals surface area contributed by atoms with Crippen LogP contribution in [0.1, 0.15) is 23.4 Å². The summed E-state index contributed by atoms with van der Waals surface area (Å²) in [5, 5.41) is 2.52. The number of sulfonamides is 1. The third-order valence-electron chi connectivity index (χ3n) is 5.09. The van der Waals surface area contributed by atoms with Crippen molar-refractivity contribution in [3.63, 3.8) is 0 Å². The third kappa shape index (κ3) is 5.29. The zero-order chi connectivity index (χ0) is 23.4. The monoisotopic (exact) mass is 472 g/mol. The quantitative estimate of drug-likeness (QED) is 0.526. The molecule has 33 heavy (non-hydrogen) atoms. The molecule has 1 amide bonds. The Balaban J connectivity index is 1.34. The molecule has 0 aliphatic carbocycles. The normalized spacial score (nSPS) is 14.2. The number of ether oxygens (including phenoxy) is 1. The van der Waals surface area contributed by atoms with E-state index in [1.54, 1.807) is 6.07 Å². The van der Waals surface area contributed by atoms with Gasteiger partial charge in [-0.15, -0.1) is 0 Å². The highest BCUT2D eigenvalue weighted by atomic mass is 32.2. The molecule has 0 saturated carbocycles. The molecule has 1 aromatic heterocycles. The van der Waals surface area contributed by atoms with Gasteiger partial charge < -0.3 is 14.5 Å². The van der Waals surface area contributed by atoms with Gasteiger partial charge >= 0.3 is 5.97 Å². The van der Waals surface area contributed by atoms with Crippen molar-refractivity contribution >= 4 is 27.6 Å². The van der Waals surface area contributed by atoms with Gasteiger partial charge in [0, 0.05) is 24.3 Å². The van der Waals surface area contributed by atoms with Crippen molar-refractivity contribution in [1.29, 1.82) is 0 Å². The number of nitrogens with one attached hydrogen (secondary N) is 1. The van der Waals surface area contributed by atoms with E-state index in [0.717, 1.165) is 12.8 Å². The Morgan fingerprint density at radius 2 is 1.76 bits per heavy atom. The molecule has 0 spiro atoms. The molecule has 0 atom stereocenters. The van der Waals surface area contributed by atoms with Crippen molar-refractivity contribution in [3.05, 3.63) is 72.2 Å². The summed E-state index contributed by atoms with van der Waals surface area (Å²) >= 11 is 0. The average molecular weight is 472 g/mol. The molecule has 2 heterocycles. The number of amides is 1. The Morgan fingerprint density at radius 1 is 1.03 bits per heavy atom. The van der Waals surface area contributed by atoms with Crippen molar-refractivity contribution in [2.75, 3.05) is 25.0 Å². The minimum absolute atomic E-state index is 0.0862. The molecule has 1 aliphatic rings. The van der Waals surface area contributed by atoms with Gasteiger partial charge in [0.05, 0.1) is 4.90 Å². The molecule has 1 saturated heterocycles. The van der Waals surface area contributed by atoms with E-state index in [0.29, 0.717) is 24.4 Å². The molecule has 0 bridgehead atoms. The van der Waals surface area contributed by atoms with Gasteiger partial charge in [0.15, 0.2) is 6.61 Å². The molecular weight excluding hydrogens is 451 g/mol. The molecule has 1 aliphatic heterocycles. The number of anilines is 1. The zero-order valence-electron chi connectivity index (χ0n) is 17.5. The Bertz CT molecular complexity index is 1260. The van der Waals surface area contributed by atoms with Crippen molar-refractivity contribution in [3.8, 4) is 11.3 Å². The second-order valence-electron chi connectivity index (χ2n) is 7.43. The summed E-state index contributed by atoms with van der Waals surface area (Å²) in [4.78, 5) is 24.5. The first-order valence-electron chi connectivity index (χ1n) is 10.3. The van der Waals surface area contributed by atoms with Crippen LogP contribution in [0, 0.1) is 5.82 Å². The van der Waals surface area contributed by atoms with Gasteiger partial charge in [-0.2, -0.15) is 4.31 Å². The fourth-order valence-corrected chi connectivity index (χ4v) is 4.99. The molecule has 2 aromatic carbocycles. The maximum Gasteiger partial charge on any atom is 0.374 e. The van der Waals surface area contributed by atoms with Gasteiger partial charge in [0.1, 0.15) is 11.6 Å². The summed E-state index contributed by atoms with van der Waals surface area (Å²) in [6, 6.07) is 14.4. The predicted octanol–water partition coefficient (Wildman–Crippen LogP) is 3.67. The lowest BCUT2D eigenvalue weighted by Crippen LogP contribution is -2.28. The largest absolute Gasteiger partial charge is 0.450 e. The van der Waals surface area contributed by atoms with Crippen molar-refractivity contribution < 1.29 is 31.6 Å². The van der Waals surface area contributed by atoms with Crippen LogP contribution in [0.5, 0.6) is 0 Å². The number of esters is 1. The number of nitrogens with zero attached hydrogens (tertiary/aromatic N) is 1. The van der Waals surface area contributed by atoms with Crippen LogP contribution in [-0.4, -0.2) is 44.3 Å². The van der Waals surface area contributed by atoms with Crippen LogP contribution in [0.25, 0.3) is 11.3 Å². The van der Waals surface area contributed by atoms with E-state index in [1.165, 1.54) is 58.9 Å². The van der Waals surface area contributed by atoms with Crippen molar-refractivity contribution in [1.82, 2.24) is 4.31 Å². The lowest BCUT2D eigenvalue weighted by molar-refractivity contribution is -0.119. The third-order valence-corrected chi connectivity index (χ3v) is 6.99. The summed E-state index contributed by atoms with van der Waals surface area (Å²) in [5.41, 5.74) is 0.852. The van der Waals surface area contributed by atoms with Gasteiger partial charge in [-0.1, -0.05) is 6.07 Å². The van der Waals surface area contributed by atoms with E-state index in [-0.39, 0.29) is 16.3 Å². The van der Waals surface area contributed by atoms with Crippen LogP contribution in [0.4, 0.5) is 10.1 Å². The molecule has 1 N–H and O–H groups in total. The second kappa shape index (κ2) is 9.55. The van der Waals surface area contributed by atoms with Gasteiger partial charge in [-0.3, -0.25) is 4.79 Å². The average Bonchev–Trinajstić information content (AvgIpc) is 3.51.